The van der Waals surface area contributed by atoms with Crippen molar-refractivity contribution in [2.24, 2.45) is 0 Å². The monoisotopic (exact) mass is 295 g/mol. The van der Waals surface area contributed by atoms with E-state index in [0.717, 1.165) is 32.6 Å². The van der Waals surface area contributed by atoms with Crippen molar-refractivity contribution in [1.29, 1.82) is 0 Å². The van der Waals surface area contributed by atoms with Gasteiger partial charge < -0.3 is 10.2 Å². The maximum absolute atomic E-state index is 13.1. The lowest BCUT2D eigenvalue weighted by Crippen LogP contribution is -2.28. The molecule has 1 aliphatic rings. The topological polar surface area (TPSA) is 56.8 Å². The third-order valence-corrected chi connectivity index (χ3v) is 3.60. The number of nitrogens with zero attached hydrogens (tertiary/aromatic N) is 3. The SMILES string of the molecule is Fc1ccc(-c2nc(N3CCCNCC3)n[nH]2)c(Cl)c1. The van der Waals surface area contributed by atoms with Crippen LogP contribution in [0, 0.1) is 5.82 Å². The molecule has 0 radical (unpaired) electrons. The normalized spacial score (nSPS) is 16.2. The molecule has 0 atom stereocenters. The maximum Gasteiger partial charge on any atom is 0.245 e. The number of anilines is 1. The number of nitrogens with one attached hydrogen (secondary N) is 2. The summed E-state index contributed by atoms with van der Waals surface area (Å²) in [7, 11) is 0. The van der Waals surface area contributed by atoms with Gasteiger partial charge in [0.2, 0.25) is 5.95 Å². The van der Waals surface area contributed by atoms with Gasteiger partial charge in [0.05, 0.1) is 5.02 Å². The van der Waals surface area contributed by atoms with Crippen LogP contribution in [-0.2, 0) is 0 Å². The molecule has 2 heterocycles. The van der Waals surface area contributed by atoms with Gasteiger partial charge in [0, 0.05) is 25.2 Å². The fourth-order valence-corrected chi connectivity index (χ4v) is 2.50. The molecule has 0 unspecified atom stereocenters. The van der Waals surface area contributed by atoms with Crippen LogP contribution in [-0.4, -0.2) is 41.4 Å². The van der Waals surface area contributed by atoms with Crippen LogP contribution >= 0.6 is 11.6 Å². The van der Waals surface area contributed by atoms with E-state index in [1.54, 1.807) is 6.07 Å². The van der Waals surface area contributed by atoms with Gasteiger partial charge in [-0.1, -0.05) is 11.6 Å². The second-order valence-corrected chi connectivity index (χ2v) is 5.11. The summed E-state index contributed by atoms with van der Waals surface area (Å²) >= 11 is 6.03. The van der Waals surface area contributed by atoms with Crippen LogP contribution in [0.2, 0.25) is 5.02 Å². The van der Waals surface area contributed by atoms with Crippen LogP contribution < -0.4 is 10.2 Å². The summed E-state index contributed by atoms with van der Waals surface area (Å²) < 4.78 is 13.1. The Bertz CT molecular complexity index is 592. The Kier molecular flexibility index (Phi) is 3.84. The average molecular weight is 296 g/mol. The van der Waals surface area contributed by atoms with E-state index in [1.165, 1.54) is 12.1 Å². The van der Waals surface area contributed by atoms with Crippen LogP contribution in [0.5, 0.6) is 0 Å². The largest absolute Gasteiger partial charge is 0.338 e. The Morgan fingerprint density at radius 3 is 3.00 bits per heavy atom. The van der Waals surface area contributed by atoms with Gasteiger partial charge in [-0.2, -0.15) is 4.98 Å². The molecule has 2 aromatic rings. The molecule has 1 saturated heterocycles. The fourth-order valence-electron chi connectivity index (χ4n) is 2.24. The molecule has 5 nitrogen and oxygen atoms in total. The van der Waals surface area contributed by atoms with Gasteiger partial charge in [0.25, 0.3) is 0 Å². The Morgan fingerprint density at radius 2 is 2.15 bits per heavy atom. The van der Waals surface area contributed by atoms with E-state index >= 15 is 0 Å². The Labute approximate surface area is 121 Å². The highest BCUT2D eigenvalue weighted by molar-refractivity contribution is 6.33. The minimum Gasteiger partial charge on any atom is -0.338 e. The molecule has 1 aromatic carbocycles. The second-order valence-electron chi connectivity index (χ2n) is 4.70. The zero-order chi connectivity index (χ0) is 13.9. The number of rotatable bonds is 2. The fraction of sp³-hybridized carbons (Fsp3) is 0.385. The summed E-state index contributed by atoms with van der Waals surface area (Å²) in [6.07, 6.45) is 1.06. The van der Waals surface area contributed by atoms with Crippen molar-refractivity contribution in [2.45, 2.75) is 6.42 Å². The van der Waals surface area contributed by atoms with E-state index in [1.807, 2.05) is 0 Å². The third-order valence-electron chi connectivity index (χ3n) is 3.28. The van der Waals surface area contributed by atoms with Crippen LogP contribution in [0.1, 0.15) is 6.42 Å². The smallest absolute Gasteiger partial charge is 0.245 e. The van der Waals surface area contributed by atoms with Crippen LogP contribution in [0.4, 0.5) is 10.3 Å². The molecule has 3 rings (SSSR count). The Morgan fingerprint density at radius 1 is 1.25 bits per heavy atom. The number of benzene rings is 1. The highest BCUT2D eigenvalue weighted by atomic mass is 35.5. The first-order valence-electron chi connectivity index (χ1n) is 6.57. The highest BCUT2D eigenvalue weighted by Crippen LogP contribution is 2.26. The molecule has 1 aliphatic heterocycles. The van der Waals surface area contributed by atoms with Crippen molar-refractivity contribution >= 4 is 17.5 Å². The molecule has 0 saturated carbocycles. The first-order chi connectivity index (χ1) is 9.74. The van der Waals surface area contributed by atoms with Crippen LogP contribution in [0.3, 0.4) is 0 Å². The maximum atomic E-state index is 13.1. The molecule has 20 heavy (non-hydrogen) atoms. The predicted octanol–water partition coefficient (Wildman–Crippen LogP) is 2.06. The van der Waals surface area contributed by atoms with Gasteiger partial charge in [0.15, 0.2) is 5.82 Å². The van der Waals surface area contributed by atoms with Gasteiger partial charge >= 0.3 is 0 Å². The van der Waals surface area contributed by atoms with E-state index in [4.69, 9.17) is 11.6 Å². The Balaban J connectivity index is 1.85. The van der Waals surface area contributed by atoms with Crippen LogP contribution in [0.15, 0.2) is 18.2 Å². The number of aromatic amines is 1. The molecule has 2 N–H and O–H groups in total. The van der Waals surface area contributed by atoms with Crippen molar-refractivity contribution in [3.8, 4) is 11.4 Å². The van der Waals surface area contributed by atoms with Crippen LogP contribution in [0.25, 0.3) is 11.4 Å². The number of hydrogen-bond acceptors (Lipinski definition) is 4. The van der Waals surface area contributed by atoms with E-state index in [2.05, 4.69) is 25.4 Å². The molecule has 1 aromatic heterocycles. The molecule has 0 bridgehead atoms. The van der Waals surface area contributed by atoms with Gasteiger partial charge in [-0.15, -0.1) is 5.10 Å². The highest BCUT2D eigenvalue weighted by Gasteiger charge is 2.16. The van der Waals surface area contributed by atoms with E-state index in [9.17, 15) is 4.39 Å². The minimum absolute atomic E-state index is 0.324. The lowest BCUT2D eigenvalue weighted by atomic mass is 10.2. The summed E-state index contributed by atoms with van der Waals surface area (Å²) in [5.41, 5.74) is 0.653. The molecular weight excluding hydrogens is 281 g/mol. The second kappa shape index (κ2) is 5.76. The molecule has 0 spiro atoms. The van der Waals surface area contributed by atoms with Crippen molar-refractivity contribution in [3.05, 3.63) is 29.0 Å². The number of hydrogen-bond donors (Lipinski definition) is 2. The van der Waals surface area contributed by atoms with Gasteiger partial charge in [0.1, 0.15) is 5.82 Å². The Hall–Kier alpha value is -1.66. The summed E-state index contributed by atoms with van der Waals surface area (Å²) in [4.78, 5) is 6.58. The van der Waals surface area contributed by atoms with E-state index < -0.39 is 0 Å². The summed E-state index contributed by atoms with van der Waals surface area (Å²) in [6.45, 7) is 3.72. The zero-order valence-corrected chi connectivity index (χ0v) is 11.6. The third kappa shape index (κ3) is 2.76. The van der Waals surface area contributed by atoms with Crippen molar-refractivity contribution in [1.82, 2.24) is 20.5 Å². The number of H-pyrrole nitrogens is 1. The van der Waals surface area contributed by atoms with E-state index in [0.29, 0.717) is 22.4 Å². The summed E-state index contributed by atoms with van der Waals surface area (Å²) in [6, 6.07) is 4.24. The van der Waals surface area contributed by atoms with Crippen molar-refractivity contribution in [2.75, 3.05) is 31.1 Å². The number of aromatic nitrogens is 3. The molecule has 106 valence electrons. The predicted molar refractivity (Wildman–Crippen MR) is 76.5 cm³/mol. The molecular formula is C13H15ClFN5. The lowest BCUT2D eigenvalue weighted by Gasteiger charge is -2.16. The number of halogens is 2. The molecule has 7 heteroatoms. The standard InChI is InChI=1S/C13H15ClFN5/c14-11-8-9(15)2-3-10(11)12-17-13(19-18-12)20-6-1-4-16-5-7-20/h2-3,8,16H,1,4-7H2,(H,17,18,19). The first-order valence-corrected chi connectivity index (χ1v) is 6.95. The van der Waals surface area contributed by atoms with Gasteiger partial charge in [-0.3, -0.25) is 5.10 Å². The van der Waals surface area contributed by atoms with Gasteiger partial charge in [-0.05, 0) is 31.2 Å². The minimum atomic E-state index is -0.364. The quantitative estimate of drug-likeness (QED) is 0.890. The first kappa shape index (κ1) is 13.3. The molecule has 0 amide bonds. The molecule has 0 aliphatic carbocycles. The zero-order valence-electron chi connectivity index (χ0n) is 10.9. The average Bonchev–Trinajstić information content (AvgIpc) is 2.74. The molecule has 1 fully saturated rings. The summed E-state index contributed by atoms with van der Waals surface area (Å²) in [5.74, 6) is 0.850. The summed E-state index contributed by atoms with van der Waals surface area (Å²) in [5, 5.41) is 10.8. The van der Waals surface area contributed by atoms with Gasteiger partial charge in [-0.25, -0.2) is 4.39 Å². The van der Waals surface area contributed by atoms with E-state index in [-0.39, 0.29) is 5.82 Å². The van der Waals surface area contributed by atoms with Crippen molar-refractivity contribution < 1.29 is 4.39 Å². The lowest BCUT2D eigenvalue weighted by molar-refractivity contribution is 0.628. The van der Waals surface area contributed by atoms with Crippen molar-refractivity contribution in [3.63, 3.8) is 0 Å².